The van der Waals surface area contributed by atoms with E-state index in [1.807, 2.05) is 24.3 Å². The zero-order valence-electron chi connectivity index (χ0n) is 11.5. The first-order valence-corrected chi connectivity index (χ1v) is 6.71. The van der Waals surface area contributed by atoms with Gasteiger partial charge in [-0.1, -0.05) is 23.7 Å². The first-order valence-electron chi connectivity index (χ1n) is 6.33. The van der Waals surface area contributed by atoms with Gasteiger partial charge in [-0.2, -0.15) is 0 Å². The van der Waals surface area contributed by atoms with Crippen LogP contribution in [0.2, 0.25) is 5.02 Å². The molecule has 0 radical (unpaired) electrons. The third-order valence-corrected chi connectivity index (χ3v) is 3.23. The highest BCUT2D eigenvalue weighted by atomic mass is 35.5. The molecule has 3 nitrogen and oxygen atoms in total. The Morgan fingerprint density at radius 3 is 2.45 bits per heavy atom. The van der Waals surface area contributed by atoms with Crippen molar-refractivity contribution >= 4 is 11.6 Å². The minimum Gasteiger partial charge on any atom is -0.497 e. The van der Waals surface area contributed by atoms with Crippen molar-refractivity contribution in [3.05, 3.63) is 58.6 Å². The van der Waals surface area contributed by atoms with Crippen molar-refractivity contribution in [1.29, 1.82) is 0 Å². The zero-order valence-corrected chi connectivity index (χ0v) is 12.2. The maximum absolute atomic E-state index is 9.76. The lowest BCUT2D eigenvalue weighted by atomic mass is 10.1. The monoisotopic (exact) mass is 292 g/mol. The Kier molecular flexibility index (Phi) is 4.88. The Labute approximate surface area is 123 Å². The van der Waals surface area contributed by atoms with E-state index < -0.39 is 6.10 Å². The summed E-state index contributed by atoms with van der Waals surface area (Å²) in [6, 6.07) is 12.8. The topological polar surface area (TPSA) is 38.7 Å². The molecule has 0 saturated carbocycles. The third kappa shape index (κ3) is 3.65. The fraction of sp³-hybridized carbons (Fsp3) is 0.250. The van der Waals surface area contributed by atoms with E-state index in [1.54, 1.807) is 32.2 Å². The summed E-state index contributed by atoms with van der Waals surface area (Å²) in [6.07, 6.45) is -0.596. The van der Waals surface area contributed by atoms with Gasteiger partial charge in [0.05, 0.1) is 13.2 Å². The van der Waals surface area contributed by atoms with E-state index >= 15 is 0 Å². The molecule has 2 rings (SSSR count). The number of aliphatic hydroxyl groups is 1. The van der Waals surface area contributed by atoms with Crippen molar-refractivity contribution in [2.45, 2.75) is 19.6 Å². The Bertz CT molecular complexity index is 564. The van der Waals surface area contributed by atoms with Crippen LogP contribution in [0.5, 0.6) is 11.5 Å². The molecule has 0 aliphatic heterocycles. The second-order valence-electron chi connectivity index (χ2n) is 4.49. The number of halogens is 1. The summed E-state index contributed by atoms with van der Waals surface area (Å²) in [4.78, 5) is 0. The third-order valence-electron chi connectivity index (χ3n) is 2.98. The normalized spacial score (nSPS) is 12.0. The van der Waals surface area contributed by atoms with Crippen molar-refractivity contribution in [1.82, 2.24) is 0 Å². The van der Waals surface area contributed by atoms with E-state index in [-0.39, 0.29) is 0 Å². The molecule has 2 aromatic rings. The van der Waals surface area contributed by atoms with E-state index in [2.05, 4.69) is 0 Å². The highest BCUT2D eigenvalue weighted by Crippen LogP contribution is 2.30. The number of ether oxygens (including phenoxy) is 2. The van der Waals surface area contributed by atoms with Crippen LogP contribution >= 0.6 is 11.6 Å². The molecule has 0 aromatic heterocycles. The minimum atomic E-state index is -0.596. The summed E-state index contributed by atoms with van der Waals surface area (Å²) < 4.78 is 11.0. The molecule has 4 heteroatoms. The molecule has 0 fully saturated rings. The molecule has 0 saturated heterocycles. The van der Waals surface area contributed by atoms with Crippen LogP contribution in [0, 0.1) is 0 Å². The lowest BCUT2D eigenvalue weighted by Crippen LogP contribution is -2.01. The fourth-order valence-corrected chi connectivity index (χ4v) is 1.98. The van der Waals surface area contributed by atoms with E-state index in [1.165, 1.54) is 0 Å². The van der Waals surface area contributed by atoms with Gasteiger partial charge in [0.1, 0.15) is 18.1 Å². The number of rotatable bonds is 5. The predicted molar refractivity (Wildman–Crippen MR) is 79.4 cm³/mol. The Hall–Kier alpha value is -1.71. The average Bonchev–Trinajstić information content (AvgIpc) is 2.46. The van der Waals surface area contributed by atoms with Crippen LogP contribution in [0.3, 0.4) is 0 Å². The highest BCUT2D eigenvalue weighted by molar-refractivity contribution is 6.30. The first-order chi connectivity index (χ1) is 9.60. The molecule has 0 aliphatic rings. The molecule has 0 heterocycles. The van der Waals surface area contributed by atoms with Crippen LogP contribution in [0.4, 0.5) is 0 Å². The van der Waals surface area contributed by atoms with Crippen LogP contribution in [0.1, 0.15) is 24.2 Å². The van der Waals surface area contributed by atoms with E-state index in [9.17, 15) is 5.11 Å². The summed E-state index contributed by atoms with van der Waals surface area (Å²) in [7, 11) is 1.60. The van der Waals surface area contributed by atoms with Gasteiger partial charge in [-0.05, 0) is 36.8 Å². The summed E-state index contributed by atoms with van der Waals surface area (Å²) in [5, 5.41) is 10.5. The van der Waals surface area contributed by atoms with Crippen LogP contribution in [-0.4, -0.2) is 12.2 Å². The number of hydrogen-bond donors (Lipinski definition) is 1. The van der Waals surface area contributed by atoms with E-state index in [0.29, 0.717) is 23.1 Å². The standard InChI is InChI=1S/C16H17ClO3/c1-11(18)15-8-7-14(19-2)9-16(15)20-10-12-3-5-13(17)6-4-12/h3-9,11,18H,10H2,1-2H3/t11-/m0/s1. The average molecular weight is 293 g/mol. The molecule has 0 unspecified atom stereocenters. The number of benzene rings is 2. The zero-order chi connectivity index (χ0) is 14.5. The number of methoxy groups -OCH3 is 1. The second kappa shape index (κ2) is 6.64. The van der Waals surface area contributed by atoms with Gasteiger partial charge >= 0.3 is 0 Å². The quantitative estimate of drug-likeness (QED) is 0.906. The van der Waals surface area contributed by atoms with E-state index in [0.717, 1.165) is 11.1 Å². The number of aliphatic hydroxyl groups excluding tert-OH is 1. The van der Waals surface area contributed by atoms with Gasteiger partial charge in [-0.25, -0.2) is 0 Å². The van der Waals surface area contributed by atoms with Crippen LogP contribution in [0.25, 0.3) is 0 Å². The molecule has 1 atom stereocenters. The fourth-order valence-electron chi connectivity index (χ4n) is 1.85. The summed E-state index contributed by atoms with van der Waals surface area (Å²) in [5.41, 5.74) is 1.74. The van der Waals surface area contributed by atoms with Crippen LogP contribution in [-0.2, 0) is 6.61 Å². The molecule has 0 spiro atoms. The van der Waals surface area contributed by atoms with Gasteiger partial charge in [-0.15, -0.1) is 0 Å². The smallest absolute Gasteiger partial charge is 0.129 e. The lowest BCUT2D eigenvalue weighted by Gasteiger charge is -2.14. The highest BCUT2D eigenvalue weighted by Gasteiger charge is 2.10. The first kappa shape index (κ1) is 14.7. The molecule has 0 aliphatic carbocycles. The van der Waals surface area contributed by atoms with Crippen LogP contribution < -0.4 is 9.47 Å². The summed E-state index contributed by atoms with van der Waals surface area (Å²) >= 11 is 5.84. The molecule has 1 N–H and O–H groups in total. The largest absolute Gasteiger partial charge is 0.497 e. The van der Waals surface area contributed by atoms with Gasteiger partial charge in [-0.3, -0.25) is 0 Å². The van der Waals surface area contributed by atoms with Crippen molar-refractivity contribution in [2.75, 3.05) is 7.11 Å². The maximum Gasteiger partial charge on any atom is 0.129 e. The summed E-state index contributed by atoms with van der Waals surface area (Å²) in [6.45, 7) is 2.11. The minimum absolute atomic E-state index is 0.407. The lowest BCUT2D eigenvalue weighted by molar-refractivity contribution is 0.190. The molecular formula is C16H17ClO3. The molecule has 106 valence electrons. The van der Waals surface area contributed by atoms with Gasteiger partial charge in [0, 0.05) is 16.7 Å². The summed E-state index contributed by atoms with van der Waals surface area (Å²) in [5.74, 6) is 1.31. The Morgan fingerprint density at radius 1 is 1.15 bits per heavy atom. The SMILES string of the molecule is COc1ccc([C@H](C)O)c(OCc2ccc(Cl)cc2)c1. The predicted octanol–water partition coefficient (Wildman–Crippen LogP) is 3.98. The van der Waals surface area contributed by atoms with Gasteiger partial charge in [0.2, 0.25) is 0 Å². The maximum atomic E-state index is 9.76. The van der Waals surface area contributed by atoms with Crippen molar-refractivity contribution in [3.63, 3.8) is 0 Å². The van der Waals surface area contributed by atoms with Gasteiger partial charge in [0.15, 0.2) is 0 Å². The molecule has 2 aromatic carbocycles. The number of hydrogen-bond acceptors (Lipinski definition) is 3. The van der Waals surface area contributed by atoms with Crippen molar-refractivity contribution in [3.8, 4) is 11.5 Å². The molecule has 0 amide bonds. The van der Waals surface area contributed by atoms with Gasteiger partial charge < -0.3 is 14.6 Å². The van der Waals surface area contributed by atoms with Crippen molar-refractivity contribution in [2.24, 2.45) is 0 Å². The van der Waals surface area contributed by atoms with Crippen LogP contribution in [0.15, 0.2) is 42.5 Å². The Morgan fingerprint density at radius 2 is 1.85 bits per heavy atom. The van der Waals surface area contributed by atoms with Crippen molar-refractivity contribution < 1.29 is 14.6 Å². The molecule has 0 bridgehead atoms. The Balaban J connectivity index is 2.16. The molecule has 20 heavy (non-hydrogen) atoms. The van der Waals surface area contributed by atoms with E-state index in [4.69, 9.17) is 21.1 Å². The van der Waals surface area contributed by atoms with Gasteiger partial charge in [0.25, 0.3) is 0 Å². The molecular weight excluding hydrogens is 276 g/mol. The second-order valence-corrected chi connectivity index (χ2v) is 4.93.